The van der Waals surface area contributed by atoms with E-state index in [0.717, 1.165) is 54.5 Å². The topological polar surface area (TPSA) is 87.7 Å². The molecule has 1 N–H and O–H groups in total. The van der Waals surface area contributed by atoms with Crippen LogP contribution in [0.1, 0.15) is 32.6 Å². The summed E-state index contributed by atoms with van der Waals surface area (Å²) in [4.78, 5) is 29.7. The summed E-state index contributed by atoms with van der Waals surface area (Å²) in [7, 11) is 0. The molecule has 1 aromatic carbocycles. The van der Waals surface area contributed by atoms with Gasteiger partial charge in [0.25, 0.3) is 0 Å². The zero-order chi connectivity index (χ0) is 23.0. The quantitative estimate of drug-likeness (QED) is 0.692. The standard InChI is InChI=1S/C24H31N5O3S/c1-2-32-24(31)29-16-12-19(13-17-29)25-23(30)18-10-14-28(15-11-18)21-8-9-22(27-26-21)33-20-6-4-3-5-7-20/h3-9,18-19H,2,10-17H2,1H3,(H,25,30). The molecule has 0 aliphatic carbocycles. The van der Waals surface area contributed by atoms with Crippen molar-refractivity contribution in [3.63, 3.8) is 0 Å². The Kier molecular flexibility index (Phi) is 8.04. The minimum Gasteiger partial charge on any atom is -0.450 e. The van der Waals surface area contributed by atoms with Crippen molar-refractivity contribution in [1.29, 1.82) is 0 Å². The Morgan fingerprint density at radius 1 is 1.00 bits per heavy atom. The van der Waals surface area contributed by atoms with Crippen molar-refractivity contribution in [3.05, 3.63) is 42.5 Å². The van der Waals surface area contributed by atoms with E-state index >= 15 is 0 Å². The molecule has 2 amide bonds. The van der Waals surface area contributed by atoms with E-state index in [1.54, 1.807) is 16.7 Å². The van der Waals surface area contributed by atoms with Gasteiger partial charge in [-0.15, -0.1) is 10.2 Å². The predicted molar refractivity (Wildman–Crippen MR) is 127 cm³/mol. The zero-order valence-electron chi connectivity index (χ0n) is 19.0. The van der Waals surface area contributed by atoms with Gasteiger partial charge >= 0.3 is 6.09 Å². The monoisotopic (exact) mass is 469 g/mol. The second kappa shape index (κ2) is 11.4. The normalized spacial score (nSPS) is 17.6. The van der Waals surface area contributed by atoms with Crippen LogP contribution in [0.15, 0.2) is 52.4 Å². The summed E-state index contributed by atoms with van der Waals surface area (Å²) in [6.45, 7) is 5.02. The molecule has 0 bridgehead atoms. The molecule has 2 saturated heterocycles. The lowest BCUT2D eigenvalue weighted by molar-refractivity contribution is -0.126. The molecule has 0 unspecified atom stereocenters. The number of hydrogen-bond acceptors (Lipinski definition) is 7. The largest absolute Gasteiger partial charge is 0.450 e. The first kappa shape index (κ1) is 23.4. The van der Waals surface area contributed by atoms with Gasteiger partial charge in [0.2, 0.25) is 5.91 Å². The smallest absolute Gasteiger partial charge is 0.409 e. The molecule has 2 fully saturated rings. The first-order valence-electron chi connectivity index (χ1n) is 11.7. The molecule has 0 atom stereocenters. The maximum Gasteiger partial charge on any atom is 0.409 e. The number of likely N-dealkylation sites (tertiary alicyclic amines) is 1. The van der Waals surface area contributed by atoms with Crippen LogP contribution in [0.3, 0.4) is 0 Å². The van der Waals surface area contributed by atoms with Gasteiger partial charge in [0.05, 0.1) is 6.61 Å². The molecule has 176 valence electrons. The van der Waals surface area contributed by atoms with Crippen LogP contribution in [-0.4, -0.2) is 65.9 Å². The Morgan fingerprint density at radius 3 is 2.36 bits per heavy atom. The van der Waals surface area contributed by atoms with Gasteiger partial charge in [0.1, 0.15) is 5.03 Å². The highest BCUT2D eigenvalue weighted by molar-refractivity contribution is 7.99. The molecular formula is C24H31N5O3S. The summed E-state index contributed by atoms with van der Waals surface area (Å²) in [6, 6.07) is 14.3. The van der Waals surface area contributed by atoms with Crippen molar-refractivity contribution < 1.29 is 14.3 Å². The number of ether oxygens (including phenoxy) is 1. The highest BCUT2D eigenvalue weighted by Gasteiger charge is 2.29. The Labute approximate surface area is 199 Å². The molecule has 2 aliphatic rings. The van der Waals surface area contributed by atoms with Gasteiger partial charge in [0, 0.05) is 43.0 Å². The van der Waals surface area contributed by atoms with E-state index in [9.17, 15) is 9.59 Å². The number of aromatic nitrogens is 2. The number of piperidine rings is 2. The fourth-order valence-corrected chi connectivity index (χ4v) is 5.01. The molecular weight excluding hydrogens is 438 g/mol. The SMILES string of the molecule is CCOC(=O)N1CCC(NC(=O)C2CCN(c3ccc(Sc4ccccc4)nn3)CC2)CC1. The lowest BCUT2D eigenvalue weighted by Gasteiger charge is -2.35. The second-order valence-electron chi connectivity index (χ2n) is 8.38. The van der Waals surface area contributed by atoms with Crippen LogP contribution in [0, 0.1) is 5.92 Å². The fraction of sp³-hybridized carbons (Fsp3) is 0.500. The van der Waals surface area contributed by atoms with E-state index < -0.39 is 0 Å². The van der Waals surface area contributed by atoms with E-state index in [0.29, 0.717) is 19.7 Å². The van der Waals surface area contributed by atoms with Gasteiger partial charge in [-0.1, -0.05) is 30.0 Å². The molecule has 33 heavy (non-hydrogen) atoms. The number of nitrogens with one attached hydrogen (secondary N) is 1. The van der Waals surface area contributed by atoms with Gasteiger partial charge in [-0.05, 0) is 56.9 Å². The number of carbonyl (C=O) groups excluding carboxylic acids is 2. The van der Waals surface area contributed by atoms with Crippen molar-refractivity contribution in [2.24, 2.45) is 5.92 Å². The molecule has 0 spiro atoms. The Bertz CT molecular complexity index is 911. The number of carbonyl (C=O) groups is 2. The van der Waals surface area contributed by atoms with Gasteiger partial charge in [-0.3, -0.25) is 4.79 Å². The number of benzene rings is 1. The number of anilines is 1. The van der Waals surface area contributed by atoms with Gasteiger partial charge < -0.3 is 19.9 Å². The van der Waals surface area contributed by atoms with Crippen molar-refractivity contribution in [1.82, 2.24) is 20.4 Å². The molecule has 9 heteroatoms. The molecule has 0 saturated carbocycles. The summed E-state index contributed by atoms with van der Waals surface area (Å²) in [5.74, 6) is 1.01. The first-order valence-corrected chi connectivity index (χ1v) is 12.5. The van der Waals surface area contributed by atoms with E-state index in [4.69, 9.17) is 4.74 Å². The lowest BCUT2D eigenvalue weighted by Crippen LogP contribution is -2.49. The molecule has 2 aliphatic heterocycles. The highest BCUT2D eigenvalue weighted by atomic mass is 32.2. The maximum absolute atomic E-state index is 12.8. The van der Waals surface area contributed by atoms with Crippen LogP contribution in [0.4, 0.5) is 10.6 Å². The van der Waals surface area contributed by atoms with Crippen molar-refractivity contribution in [2.75, 3.05) is 37.7 Å². The Balaban J connectivity index is 1.20. The minimum absolute atomic E-state index is 0.0187. The summed E-state index contributed by atoms with van der Waals surface area (Å²) < 4.78 is 5.06. The number of nitrogens with zero attached hydrogens (tertiary/aromatic N) is 4. The minimum atomic E-state index is -0.260. The van der Waals surface area contributed by atoms with E-state index in [-0.39, 0.29) is 24.0 Å². The third-order valence-corrected chi connectivity index (χ3v) is 7.08. The second-order valence-corrected chi connectivity index (χ2v) is 9.47. The molecule has 0 radical (unpaired) electrons. The van der Waals surface area contributed by atoms with Crippen molar-refractivity contribution >= 4 is 29.6 Å². The number of rotatable bonds is 6. The van der Waals surface area contributed by atoms with Crippen LogP contribution in [-0.2, 0) is 9.53 Å². The van der Waals surface area contributed by atoms with Gasteiger partial charge in [0.15, 0.2) is 5.82 Å². The van der Waals surface area contributed by atoms with Crippen LogP contribution >= 0.6 is 11.8 Å². The summed E-state index contributed by atoms with van der Waals surface area (Å²) in [6.07, 6.45) is 2.88. The number of amides is 2. The summed E-state index contributed by atoms with van der Waals surface area (Å²) in [5.41, 5.74) is 0. The Hall–Kier alpha value is -2.81. The molecule has 2 aromatic rings. The molecule has 1 aromatic heterocycles. The first-order chi connectivity index (χ1) is 16.1. The van der Waals surface area contributed by atoms with Crippen molar-refractivity contribution in [3.8, 4) is 0 Å². The molecule has 3 heterocycles. The fourth-order valence-electron chi connectivity index (χ4n) is 4.26. The van der Waals surface area contributed by atoms with E-state index in [1.165, 1.54) is 0 Å². The number of hydrogen-bond donors (Lipinski definition) is 1. The third kappa shape index (κ3) is 6.37. The van der Waals surface area contributed by atoms with Gasteiger partial charge in [-0.2, -0.15) is 0 Å². The van der Waals surface area contributed by atoms with Gasteiger partial charge in [-0.25, -0.2) is 4.79 Å². The van der Waals surface area contributed by atoms with Crippen molar-refractivity contribution in [2.45, 2.75) is 48.6 Å². The third-order valence-electron chi connectivity index (χ3n) is 6.15. The van der Waals surface area contributed by atoms with E-state index in [1.807, 2.05) is 37.3 Å². The lowest BCUT2D eigenvalue weighted by atomic mass is 9.94. The zero-order valence-corrected chi connectivity index (χ0v) is 19.8. The Morgan fingerprint density at radius 2 is 1.73 bits per heavy atom. The molecule has 8 nitrogen and oxygen atoms in total. The van der Waals surface area contributed by atoms with Crippen LogP contribution in [0.5, 0.6) is 0 Å². The highest BCUT2D eigenvalue weighted by Crippen LogP contribution is 2.27. The summed E-state index contributed by atoms with van der Waals surface area (Å²) in [5, 5.41) is 12.8. The summed E-state index contributed by atoms with van der Waals surface area (Å²) >= 11 is 1.59. The predicted octanol–water partition coefficient (Wildman–Crippen LogP) is 3.58. The van der Waals surface area contributed by atoms with Crippen LogP contribution in [0.25, 0.3) is 0 Å². The maximum atomic E-state index is 12.8. The molecule has 4 rings (SSSR count). The average Bonchev–Trinajstić information content (AvgIpc) is 2.86. The average molecular weight is 470 g/mol. The van der Waals surface area contributed by atoms with Crippen LogP contribution < -0.4 is 10.2 Å². The van der Waals surface area contributed by atoms with Crippen LogP contribution in [0.2, 0.25) is 0 Å². The van der Waals surface area contributed by atoms with E-state index in [2.05, 4.69) is 32.5 Å².